The highest BCUT2D eigenvalue weighted by Gasteiger charge is 2.44. The van der Waals surface area contributed by atoms with Crippen molar-refractivity contribution in [2.45, 2.75) is 256 Å². The maximum absolute atomic E-state index is 12.8. The second-order valence-electron chi connectivity index (χ2n) is 18.3. The molecule has 4 N–H and O–H groups in total. The number of rotatable bonds is 46. The van der Waals surface area contributed by atoms with Crippen LogP contribution in [-0.2, 0) is 23.7 Å². The fourth-order valence-corrected chi connectivity index (χ4v) is 7.97. The molecule has 1 heterocycles. The monoisotopic (exact) mass is 929 g/mol. The number of allylic oxidation sites excluding steroid dienone is 12. The normalized spacial score (nSPS) is 19.9. The van der Waals surface area contributed by atoms with Gasteiger partial charge in [0.2, 0.25) is 0 Å². The molecule has 0 aromatic carbocycles. The average Bonchev–Trinajstić information content (AvgIpc) is 3.32. The molecule has 1 aliphatic heterocycles. The second kappa shape index (κ2) is 47.7. The largest absolute Gasteiger partial charge is 0.457 e. The first-order chi connectivity index (χ1) is 32.4. The third-order valence-corrected chi connectivity index (χ3v) is 12.1. The first-order valence-corrected chi connectivity index (χ1v) is 27.0. The number of hydrogen-bond donors (Lipinski definition) is 4. The van der Waals surface area contributed by atoms with Crippen LogP contribution in [0.5, 0.6) is 0 Å². The average molecular weight is 929 g/mol. The highest BCUT2D eigenvalue weighted by Crippen LogP contribution is 2.23. The number of esters is 1. The number of unbranched alkanes of at least 4 members (excludes halogenated alkanes) is 23. The summed E-state index contributed by atoms with van der Waals surface area (Å²) in [7, 11) is 0. The maximum atomic E-state index is 12.8. The molecule has 66 heavy (non-hydrogen) atoms. The molecule has 0 saturated carbocycles. The molecule has 6 atom stereocenters. The Morgan fingerprint density at radius 3 is 1.36 bits per heavy atom. The minimum atomic E-state index is -1.55. The van der Waals surface area contributed by atoms with E-state index in [1.807, 2.05) is 0 Å². The smallest absolute Gasteiger partial charge is 0.306 e. The summed E-state index contributed by atoms with van der Waals surface area (Å²) in [5.74, 6) is -0.354. The van der Waals surface area contributed by atoms with Gasteiger partial charge in [-0.2, -0.15) is 0 Å². The highest BCUT2D eigenvalue weighted by atomic mass is 16.7. The number of aliphatic hydroxyl groups excluding tert-OH is 4. The Balaban J connectivity index is 2.22. The van der Waals surface area contributed by atoms with E-state index < -0.39 is 43.4 Å². The van der Waals surface area contributed by atoms with Gasteiger partial charge in [0.05, 0.1) is 19.8 Å². The van der Waals surface area contributed by atoms with Gasteiger partial charge in [-0.1, -0.05) is 222 Å². The van der Waals surface area contributed by atoms with Crippen LogP contribution in [0, 0.1) is 0 Å². The minimum Gasteiger partial charge on any atom is -0.457 e. The fourth-order valence-electron chi connectivity index (χ4n) is 7.97. The van der Waals surface area contributed by atoms with Gasteiger partial charge in [0.1, 0.15) is 30.5 Å². The quantitative estimate of drug-likeness (QED) is 0.0267. The summed E-state index contributed by atoms with van der Waals surface area (Å²) in [5, 5.41) is 40.3. The summed E-state index contributed by atoms with van der Waals surface area (Å²) < 4.78 is 22.9. The second-order valence-corrected chi connectivity index (χ2v) is 18.3. The van der Waals surface area contributed by atoms with E-state index in [2.05, 4.69) is 86.8 Å². The predicted octanol–water partition coefficient (Wildman–Crippen LogP) is 13.6. The molecular weight excluding hydrogens is 829 g/mol. The predicted molar refractivity (Wildman–Crippen MR) is 274 cm³/mol. The van der Waals surface area contributed by atoms with Gasteiger partial charge in [0.15, 0.2) is 6.29 Å². The number of aliphatic hydroxyl groups is 4. The van der Waals surface area contributed by atoms with E-state index in [9.17, 15) is 25.2 Å². The van der Waals surface area contributed by atoms with Gasteiger partial charge in [-0.25, -0.2) is 0 Å². The third-order valence-electron chi connectivity index (χ3n) is 12.1. The zero-order chi connectivity index (χ0) is 47.8. The van der Waals surface area contributed by atoms with E-state index in [0.717, 1.165) is 64.2 Å². The molecule has 1 rings (SSSR count). The number of carbonyl (C=O) groups is 1. The van der Waals surface area contributed by atoms with Gasteiger partial charge in [-0.05, 0) is 64.2 Å². The van der Waals surface area contributed by atoms with Crippen LogP contribution in [0.1, 0.15) is 219 Å². The molecule has 0 bridgehead atoms. The van der Waals surface area contributed by atoms with Crippen molar-refractivity contribution < 1.29 is 44.2 Å². The van der Waals surface area contributed by atoms with Crippen LogP contribution in [-0.4, -0.2) is 89.6 Å². The Bertz CT molecular complexity index is 1240. The molecule has 9 heteroatoms. The summed E-state index contributed by atoms with van der Waals surface area (Å²) >= 11 is 0. The van der Waals surface area contributed by atoms with Gasteiger partial charge in [0, 0.05) is 13.0 Å². The van der Waals surface area contributed by atoms with E-state index in [4.69, 9.17) is 18.9 Å². The summed E-state index contributed by atoms with van der Waals surface area (Å²) in [4.78, 5) is 12.8. The molecule has 1 aliphatic rings. The van der Waals surface area contributed by atoms with Crippen molar-refractivity contribution in [1.29, 1.82) is 0 Å². The zero-order valence-electron chi connectivity index (χ0n) is 42.2. The lowest BCUT2D eigenvalue weighted by molar-refractivity contribution is -0.305. The summed E-state index contributed by atoms with van der Waals surface area (Å²) in [5.41, 5.74) is 0. The van der Waals surface area contributed by atoms with Crippen LogP contribution in [0.3, 0.4) is 0 Å². The summed E-state index contributed by atoms with van der Waals surface area (Å²) in [6.45, 7) is 4.42. The van der Waals surface area contributed by atoms with Gasteiger partial charge in [0.25, 0.3) is 0 Å². The van der Waals surface area contributed by atoms with Crippen LogP contribution >= 0.6 is 0 Å². The zero-order valence-corrected chi connectivity index (χ0v) is 42.2. The summed E-state index contributed by atoms with van der Waals surface area (Å²) in [6, 6.07) is 0. The molecule has 0 spiro atoms. The van der Waals surface area contributed by atoms with E-state index in [0.29, 0.717) is 13.0 Å². The Hall–Kier alpha value is -2.37. The van der Waals surface area contributed by atoms with Crippen LogP contribution in [0.15, 0.2) is 72.9 Å². The Kier molecular flexibility index (Phi) is 44.5. The van der Waals surface area contributed by atoms with Crippen molar-refractivity contribution in [1.82, 2.24) is 0 Å². The van der Waals surface area contributed by atoms with Crippen LogP contribution in [0.25, 0.3) is 0 Å². The minimum absolute atomic E-state index is 0.126. The topological polar surface area (TPSA) is 135 Å². The van der Waals surface area contributed by atoms with Crippen molar-refractivity contribution in [3.8, 4) is 0 Å². The lowest BCUT2D eigenvalue weighted by Crippen LogP contribution is -2.59. The van der Waals surface area contributed by atoms with Gasteiger partial charge in [-0.3, -0.25) is 4.79 Å². The van der Waals surface area contributed by atoms with Crippen molar-refractivity contribution in [2.24, 2.45) is 0 Å². The van der Waals surface area contributed by atoms with Crippen LogP contribution in [0.2, 0.25) is 0 Å². The van der Waals surface area contributed by atoms with E-state index >= 15 is 0 Å². The third kappa shape index (κ3) is 37.6. The lowest BCUT2D eigenvalue weighted by Gasteiger charge is -2.39. The molecule has 0 amide bonds. The Morgan fingerprint density at radius 2 is 0.924 bits per heavy atom. The van der Waals surface area contributed by atoms with E-state index in [-0.39, 0.29) is 25.6 Å². The molecule has 0 radical (unpaired) electrons. The first-order valence-electron chi connectivity index (χ1n) is 27.0. The van der Waals surface area contributed by atoms with Gasteiger partial charge in [-0.15, -0.1) is 0 Å². The number of carbonyl (C=O) groups excluding carboxylic acids is 1. The van der Waals surface area contributed by atoms with E-state index in [1.165, 1.54) is 128 Å². The standard InChI is InChI=1S/C57H100O9/c1-3-5-7-9-11-13-15-17-19-21-23-25-27-29-31-33-35-37-39-41-43-45-47-63-49-51(50-64-57-56(62)55(61)54(60)52(48-58)66-57)65-53(59)46-44-42-40-38-36-34-32-30-28-26-24-22-20-18-16-14-12-10-8-6-4-2/h6,8,12,14,18,20,24,26,30,32,36,38,51-52,54-58,60-62H,3-5,7,9-11,13,15-17,19,21-23,25,27-29,31,33-35,37,39-50H2,1-2H3/b8-6-,14-12-,20-18-,26-24-,32-30-,38-36-. The number of hydrogen-bond acceptors (Lipinski definition) is 9. The van der Waals surface area contributed by atoms with E-state index in [1.54, 1.807) is 0 Å². The molecular formula is C57H100O9. The molecule has 0 aliphatic carbocycles. The lowest BCUT2D eigenvalue weighted by atomic mass is 9.99. The van der Waals surface area contributed by atoms with Gasteiger partial charge < -0.3 is 39.4 Å². The van der Waals surface area contributed by atoms with Crippen molar-refractivity contribution in [2.75, 3.05) is 26.4 Å². The SMILES string of the molecule is CC/C=C\C/C=C\C/C=C\C/C=C\C/C=C\C/C=C\CCCCC(=O)OC(COCCCCCCCCCCCCCCCCCCCCCCCC)COC1OC(CO)C(O)C(O)C1O. The molecule has 0 aromatic rings. The number of ether oxygens (including phenoxy) is 4. The molecule has 9 nitrogen and oxygen atoms in total. The van der Waals surface area contributed by atoms with Crippen molar-refractivity contribution in [3.05, 3.63) is 72.9 Å². The molecule has 0 aromatic heterocycles. The summed E-state index contributed by atoms with van der Waals surface area (Å²) in [6.07, 6.45) is 56.6. The molecule has 1 fully saturated rings. The molecule has 6 unspecified atom stereocenters. The van der Waals surface area contributed by atoms with Crippen molar-refractivity contribution in [3.63, 3.8) is 0 Å². The fraction of sp³-hybridized carbons (Fsp3) is 0.772. The molecule has 1 saturated heterocycles. The Labute approximate surface area is 404 Å². The van der Waals surface area contributed by atoms with Crippen LogP contribution < -0.4 is 0 Å². The first kappa shape index (κ1) is 61.6. The van der Waals surface area contributed by atoms with Crippen LogP contribution in [0.4, 0.5) is 0 Å². The maximum Gasteiger partial charge on any atom is 0.306 e. The van der Waals surface area contributed by atoms with Gasteiger partial charge >= 0.3 is 5.97 Å². The highest BCUT2D eigenvalue weighted by molar-refractivity contribution is 5.69. The van der Waals surface area contributed by atoms with Crippen molar-refractivity contribution >= 4 is 5.97 Å². The Morgan fingerprint density at radius 1 is 0.500 bits per heavy atom. The molecule has 382 valence electrons.